The van der Waals surface area contributed by atoms with Gasteiger partial charge in [-0.3, -0.25) is 4.57 Å². The molecule has 2 heteroatoms. The van der Waals surface area contributed by atoms with E-state index in [0.717, 1.165) is 52.1 Å². The minimum absolute atomic E-state index is 0.924. The molecule has 0 bridgehead atoms. The van der Waals surface area contributed by atoms with Gasteiger partial charge in [0.1, 0.15) is 5.82 Å². The number of hydrogen-bond acceptors (Lipinski definition) is 1. The highest BCUT2D eigenvalue weighted by atomic mass is 15.1. The average Bonchev–Trinajstić information content (AvgIpc) is 3.85. The molecule has 0 N–H and O–H groups in total. The summed E-state index contributed by atoms with van der Waals surface area (Å²) in [5.74, 6) is 0.924. The fourth-order valence-electron chi connectivity index (χ4n) is 10.8. The number of nitrogens with zero attached hydrogens (tertiary/aromatic N) is 2. The molecule has 1 heterocycles. The van der Waals surface area contributed by atoms with Crippen molar-refractivity contribution in [3.63, 3.8) is 0 Å². The Bertz CT molecular complexity index is 3930. The van der Waals surface area contributed by atoms with Crippen molar-refractivity contribution in [1.82, 2.24) is 9.55 Å². The molecule has 0 saturated heterocycles. The lowest BCUT2D eigenvalue weighted by atomic mass is 9.83. The lowest BCUT2D eigenvalue weighted by Crippen LogP contribution is -2.31. The first kappa shape index (κ1) is 42.0. The molecule has 0 saturated carbocycles. The van der Waals surface area contributed by atoms with E-state index in [4.69, 9.17) is 4.98 Å². The predicted octanol–water partition coefficient (Wildman–Crippen LogP) is 16.9. The van der Waals surface area contributed by atoms with Crippen molar-refractivity contribution in [2.45, 2.75) is 12.8 Å². The molecular formula is C69H48N2. The minimum atomic E-state index is 0.924. The van der Waals surface area contributed by atoms with Gasteiger partial charge in [0.25, 0.3) is 0 Å². The molecule has 0 fully saturated rings. The van der Waals surface area contributed by atoms with Crippen LogP contribution in [-0.4, -0.2) is 9.55 Å². The summed E-state index contributed by atoms with van der Waals surface area (Å²) in [7, 11) is 0. The Balaban J connectivity index is 1.07. The van der Waals surface area contributed by atoms with E-state index in [-0.39, 0.29) is 0 Å². The van der Waals surface area contributed by atoms with E-state index in [1.165, 1.54) is 88.0 Å². The molecule has 1 aliphatic carbocycles. The van der Waals surface area contributed by atoms with Gasteiger partial charge >= 0.3 is 0 Å². The van der Waals surface area contributed by atoms with Crippen LogP contribution >= 0.6 is 0 Å². The summed E-state index contributed by atoms with van der Waals surface area (Å²) in [6, 6.07) is 92.8. The Morgan fingerprint density at radius 3 is 1.15 bits per heavy atom. The van der Waals surface area contributed by atoms with Crippen molar-refractivity contribution in [2.75, 3.05) is 0 Å². The van der Waals surface area contributed by atoms with Crippen LogP contribution in [0.3, 0.4) is 0 Å². The number of rotatable bonds is 9. The van der Waals surface area contributed by atoms with Crippen molar-refractivity contribution < 1.29 is 0 Å². The second-order valence-electron chi connectivity index (χ2n) is 18.6. The van der Waals surface area contributed by atoms with Gasteiger partial charge in [0.05, 0.1) is 11.0 Å². The lowest BCUT2D eigenvalue weighted by molar-refractivity contribution is 1.10. The molecule has 2 nitrogen and oxygen atoms in total. The highest BCUT2D eigenvalue weighted by Crippen LogP contribution is 2.41. The molecular weight excluding hydrogens is 857 g/mol. The van der Waals surface area contributed by atoms with Gasteiger partial charge in [-0.1, -0.05) is 200 Å². The van der Waals surface area contributed by atoms with Crippen molar-refractivity contribution in [2.24, 2.45) is 0 Å². The van der Waals surface area contributed by atoms with Crippen LogP contribution in [0.5, 0.6) is 0 Å². The van der Waals surface area contributed by atoms with Crippen molar-refractivity contribution in [1.29, 1.82) is 0 Å². The van der Waals surface area contributed by atoms with Crippen molar-refractivity contribution in [3.8, 4) is 95.0 Å². The molecule has 0 unspecified atom stereocenters. The summed E-state index contributed by atoms with van der Waals surface area (Å²) < 4.78 is 2.27. The number of fused-ring (bicyclic) bond motifs is 3. The SMILES string of the molecule is C1=c2c(-c3cc(-c4ccccc4)cc(-c4ccccc4)c3)c3ccc(-c4ccc(-c5nc6ccccc6n5-c5ccccc5)cc4)cc3c(-c3cc(-c4ccccc4)cc(-c4ccccc4)c3)c2=CCC1. The van der Waals surface area contributed by atoms with Crippen LogP contribution in [0.25, 0.3) is 129 Å². The summed E-state index contributed by atoms with van der Waals surface area (Å²) >= 11 is 0. The van der Waals surface area contributed by atoms with Crippen LogP contribution in [-0.2, 0) is 0 Å². The zero-order valence-corrected chi connectivity index (χ0v) is 39.2. The van der Waals surface area contributed by atoms with E-state index in [9.17, 15) is 0 Å². The van der Waals surface area contributed by atoms with Crippen LogP contribution in [0.15, 0.2) is 255 Å². The van der Waals surface area contributed by atoms with E-state index in [1.807, 2.05) is 0 Å². The summed E-state index contributed by atoms with van der Waals surface area (Å²) in [4.78, 5) is 5.19. The third-order valence-corrected chi connectivity index (χ3v) is 14.2. The number of benzene rings is 11. The van der Waals surface area contributed by atoms with Gasteiger partial charge in [-0.25, -0.2) is 4.98 Å². The normalized spacial score (nSPS) is 12.1. The van der Waals surface area contributed by atoms with E-state index < -0.39 is 0 Å². The molecule has 71 heavy (non-hydrogen) atoms. The van der Waals surface area contributed by atoms with Crippen LogP contribution in [0.2, 0.25) is 0 Å². The Kier molecular flexibility index (Phi) is 10.7. The summed E-state index contributed by atoms with van der Waals surface area (Å²) in [5.41, 5.74) is 21.1. The predicted molar refractivity (Wildman–Crippen MR) is 299 cm³/mol. The maximum atomic E-state index is 5.19. The molecule has 12 aromatic rings. The highest BCUT2D eigenvalue weighted by Gasteiger charge is 2.21. The second-order valence-corrected chi connectivity index (χ2v) is 18.6. The first-order chi connectivity index (χ1) is 35.2. The van der Waals surface area contributed by atoms with Gasteiger partial charge in [0.15, 0.2) is 0 Å². The zero-order chi connectivity index (χ0) is 47.1. The van der Waals surface area contributed by atoms with Gasteiger partial charge in [0, 0.05) is 11.3 Å². The molecule has 1 aliphatic rings. The molecule has 0 amide bonds. The molecule has 0 atom stereocenters. The maximum Gasteiger partial charge on any atom is 0.145 e. The maximum absolute atomic E-state index is 5.19. The minimum Gasteiger partial charge on any atom is -0.292 e. The Hall–Kier alpha value is -9.11. The Morgan fingerprint density at radius 1 is 0.282 bits per heavy atom. The number of hydrogen-bond donors (Lipinski definition) is 0. The average molecular weight is 905 g/mol. The number of para-hydroxylation sites is 3. The van der Waals surface area contributed by atoms with Crippen molar-refractivity contribution >= 4 is 34.0 Å². The van der Waals surface area contributed by atoms with E-state index in [2.05, 4.69) is 272 Å². The van der Waals surface area contributed by atoms with Crippen LogP contribution in [0, 0.1) is 0 Å². The first-order valence-electron chi connectivity index (χ1n) is 24.7. The largest absolute Gasteiger partial charge is 0.292 e. The Labute approximate surface area is 414 Å². The van der Waals surface area contributed by atoms with Gasteiger partial charge in [-0.15, -0.1) is 0 Å². The van der Waals surface area contributed by atoms with E-state index in [0.29, 0.717) is 0 Å². The number of aromatic nitrogens is 2. The van der Waals surface area contributed by atoms with Crippen molar-refractivity contribution in [3.05, 3.63) is 265 Å². The molecule has 11 aromatic carbocycles. The molecule has 1 aromatic heterocycles. The summed E-state index contributed by atoms with van der Waals surface area (Å²) in [5, 5.41) is 5.06. The zero-order valence-electron chi connectivity index (χ0n) is 39.2. The molecule has 13 rings (SSSR count). The van der Waals surface area contributed by atoms with Crippen LogP contribution in [0.4, 0.5) is 0 Å². The quantitative estimate of drug-likeness (QED) is 0.141. The summed E-state index contributed by atoms with van der Waals surface area (Å²) in [6.45, 7) is 0. The van der Waals surface area contributed by atoms with E-state index >= 15 is 0 Å². The monoisotopic (exact) mass is 904 g/mol. The molecule has 0 radical (unpaired) electrons. The van der Waals surface area contributed by atoms with Gasteiger partial charge in [0.2, 0.25) is 0 Å². The van der Waals surface area contributed by atoms with Gasteiger partial charge in [-0.05, 0) is 179 Å². The Morgan fingerprint density at radius 2 is 0.662 bits per heavy atom. The topological polar surface area (TPSA) is 17.8 Å². The third-order valence-electron chi connectivity index (χ3n) is 14.2. The van der Waals surface area contributed by atoms with Gasteiger partial charge < -0.3 is 0 Å². The van der Waals surface area contributed by atoms with Crippen LogP contribution < -0.4 is 10.4 Å². The highest BCUT2D eigenvalue weighted by molar-refractivity contribution is 6.08. The fraction of sp³-hybridized carbons (Fsp3) is 0.0290. The second kappa shape index (κ2) is 18.1. The molecule has 0 aliphatic heterocycles. The van der Waals surface area contributed by atoms with Gasteiger partial charge in [-0.2, -0.15) is 0 Å². The fourth-order valence-corrected chi connectivity index (χ4v) is 10.8. The smallest absolute Gasteiger partial charge is 0.145 e. The molecule has 0 spiro atoms. The van der Waals surface area contributed by atoms with E-state index in [1.54, 1.807) is 0 Å². The standard InChI is InChI=1S/C69H48N2/c1-6-20-47(21-7-1)54-40-55(48-22-8-2-9-23-48)43-58(42-54)67-61-30-16-17-31-62(61)68(59-44-56(49-24-10-3-11-25-49)41-57(45-59)50-26-12-4-13-27-50)64-46-53(38-39-63(64)67)51-34-36-52(37-35-51)69-70-65-32-18-19-33-66(65)71(69)60-28-14-5-15-29-60/h1-15,18-46H,16-17H2. The lowest BCUT2D eigenvalue weighted by Gasteiger charge is -2.21. The third kappa shape index (κ3) is 7.86. The number of imidazole rings is 1. The summed E-state index contributed by atoms with van der Waals surface area (Å²) in [6.07, 6.45) is 6.96. The molecule has 334 valence electrons. The first-order valence-corrected chi connectivity index (χ1v) is 24.7. The van der Waals surface area contributed by atoms with Crippen LogP contribution in [0.1, 0.15) is 12.8 Å².